The van der Waals surface area contributed by atoms with Gasteiger partial charge in [-0.2, -0.15) is 0 Å². The number of aliphatic hydroxyl groups excluding tert-OH is 13. The molecule has 7 rings (SSSR count). The lowest BCUT2D eigenvalue weighted by molar-refractivity contribution is -0.383. The van der Waals surface area contributed by atoms with E-state index in [2.05, 4.69) is 26.8 Å². The minimum atomic E-state index is -1.86. The molecule has 3 heterocycles. The van der Waals surface area contributed by atoms with Gasteiger partial charge in [-0.05, 0) is 117 Å². The molecule has 388 valence electrons. The number of aliphatic hydroxyl groups is 13. The molecule has 4 aliphatic carbocycles. The predicted molar refractivity (Wildman–Crippen MR) is 235 cm³/mol. The Hall–Kier alpha value is -1.02. The van der Waals surface area contributed by atoms with E-state index in [0.717, 1.165) is 5.57 Å². The van der Waals surface area contributed by atoms with Gasteiger partial charge in [-0.25, -0.2) is 0 Å². The highest BCUT2D eigenvalue weighted by molar-refractivity contribution is 5.22. The van der Waals surface area contributed by atoms with Crippen LogP contribution in [0.1, 0.15) is 107 Å². The summed E-state index contributed by atoms with van der Waals surface area (Å²) in [6, 6.07) is 0. The standard InChI is InChI=1S/C48H82O19/c1-21(2)10-9-13-48(8,67-42-38(61)35(58)32(55)26(19-50)64-42)22-11-15-46(6)30(22)23(52)16-28-45(5)14-12-29(53)44(3,4)40(45)24(17-47(28,46)7)62-43-39(36(59)33(56)27(20-51)65-43)66-41-37(60)34(57)31(54)25(18-49)63-41/h10,22-43,49-61H,9,11-20H2,1-8H3/t22-,23+,24-,25+,26+,27+,28+,29-,30-,31+,32+,33+,34-,35-,36-,37+,38+,39+,40-,41-,42-,43-,45+,46+,47+,48-/m0/s1. The number of ether oxygens (including phenoxy) is 6. The van der Waals surface area contributed by atoms with Crippen molar-refractivity contribution in [2.45, 2.75) is 223 Å². The van der Waals surface area contributed by atoms with Crippen molar-refractivity contribution < 1.29 is 94.8 Å². The first kappa shape index (κ1) is 53.8. The predicted octanol–water partition coefficient (Wildman–Crippen LogP) is -1.06. The fraction of sp³-hybridized carbons (Fsp3) is 0.958. The Balaban J connectivity index is 1.27. The van der Waals surface area contributed by atoms with Crippen LogP contribution in [0.4, 0.5) is 0 Å². The molecule has 0 spiro atoms. The van der Waals surface area contributed by atoms with Crippen LogP contribution >= 0.6 is 0 Å². The molecule has 0 aromatic heterocycles. The van der Waals surface area contributed by atoms with Crippen LogP contribution in [-0.4, -0.2) is 202 Å². The first-order valence-corrected chi connectivity index (χ1v) is 24.5. The van der Waals surface area contributed by atoms with Crippen LogP contribution in [-0.2, 0) is 28.4 Å². The average Bonchev–Trinajstić information content (AvgIpc) is 3.66. The number of hydrogen-bond donors (Lipinski definition) is 13. The van der Waals surface area contributed by atoms with Crippen LogP contribution in [0.15, 0.2) is 11.6 Å². The quantitative estimate of drug-likeness (QED) is 0.0773. The SMILES string of the molecule is CC(C)=CCC[C@](C)(O[C@@H]1O[C@H](CO)[C@@H](O)[C@H](O)[C@H]1O)[C@H]1CC[C@]2(C)[C@@H]1[C@H](O)C[C@@H]1[C@@]3(C)CC[C@H](O)C(C)(C)[C@@H]3[C@@H](O[C@H]3O[C@H](CO)[C@@H](O)[C@H](O)[C@H]3O[C@@H]3O[C@H](CO)[C@@H](O)[C@H](O)[C@H]3O)C[C@]12C. The van der Waals surface area contributed by atoms with Crippen molar-refractivity contribution in [2.24, 2.45) is 45.3 Å². The molecule has 7 aliphatic rings. The Morgan fingerprint density at radius 2 is 1.18 bits per heavy atom. The van der Waals surface area contributed by atoms with E-state index in [1.807, 2.05) is 34.6 Å². The van der Waals surface area contributed by atoms with Crippen LogP contribution in [0.25, 0.3) is 0 Å². The van der Waals surface area contributed by atoms with Crippen LogP contribution in [0.2, 0.25) is 0 Å². The van der Waals surface area contributed by atoms with Crippen molar-refractivity contribution in [2.75, 3.05) is 19.8 Å². The van der Waals surface area contributed by atoms with Gasteiger partial charge in [-0.3, -0.25) is 0 Å². The zero-order valence-corrected chi connectivity index (χ0v) is 40.3. The number of rotatable bonds is 13. The van der Waals surface area contributed by atoms with E-state index in [9.17, 15) is 66.4 Å². The number of hydrogen-bond acceptors (Lipinski definition) is 19. The maximum Gasteiger partial charge on any atom is 0.187 e. The first-order valence-electron chi connectivity index (χ1n) is 24.5. The Kier molecular flexibility index (Phi) is 15.9. The lowest BCUT2D eigenvalue weighted by atomic mass is 9.34. The molecule has 0 unspecified atom stereocenters. The van der Waals surface area contributed by atoms with Crippen LogP contribution < -0.4 is 0 Å². The molecular weight excluding hydrogens is 881 g/mol. The van der Waals surface area contributed by atoms with Crippen molar-refractivity contribution >= 4 is 0 Å². The second-order valence-corrected chi connectivity index (χ2v) is 23.1. The highest BCUT2D eigenvalue weighted by Gasteiger charge is 2.74. The Morgan fingerprint density at radius 3 is 1.75 bits per heavy atom. The van der Waals surface area contributed by atoms with Gasteiger partial charge in [0, 0.05) is 0 Å². The fourth-order valence-electron chi connectivity index (χ4n) is 14.9. The minimum absolute atomic E-state index is 0.110. The average molecular weight is 963 g/mol. The molecule has 0 amide bonds. The van der Waals surface area contributed by atoms with Gasteiger partial charge in [0.2, 0.25) is 0 Å². The monoisotopic (exact) mass is 963 g/mol. The largest absolute Gasteiger partial charge is 0.394 e. The molecule has 4 saturated carbocycles. The summed E-state index contributed by atoms with van der Waals surface area (Å²) < 4.78 is 37.9. The van der Waals surface area contributed by atoms with Gasteiger partial charge < -0.3 is 94.8 Å². The van der Waals surface area contributed by atoms with E-state index in [1.54, 1.807) is 0 Å². The molecule has 19 nitrogen and oxygen atoms in total. The third-order valence-electron chi connectivity index (χ3n) is 18.7. The lowest BCUT2D eigenvalue weighted by Gasteiger charge is -2.72. The number of fused-ring (bicyclic) bond motifs is 5. The normalized spacial score (nSPS) is 52.9. The maximum absolute atomic E-state index is 12.7. The molecule has 0 radical (unpaired) electrons. The molecule has 13 N–H and O–H groups in total. The van der Waals surface area contributed by atoms with Crippen molar-refractivity contribution in [3.63, 3.8) is 0 Å². The zero-order chi connectivity index (χ0) is 49.5. The van der Waals surface area contributed by atoms with Gasteiger partial charge >= 0.3 is 0 Å². The first-order chi connectivity index (χ1) is 31.3. The third kappa shape index (κ3) is 9.03. The summed E-state index contributed by atoms with van der Waals surface area (Å²) in [5.41, 5.74) is -2.56. The summed E-state index contributed by atoms with van der Waals surface area (Å²) in [5, 5.41) is 142. The highest BCUT2D eigenvalue weighted by Crippen LogP contribution is 2.76. The summed E-state index contributed by atoms with van der Waals surface area (Å²) >= 11 is 0. The van der Waals surface area contributed by atoms with Gasteiger partial charge in [0.05, 0.1) is 43.7 Å². The molecule has 0 aromatic carbocycles. The Bertz CT molecular complexity index is 1710. The number of allylic oxidation sites excluding steroid dienone is 2. The molecule has 0 aromatic rings. The van der Waals surface area contributed by atoms with Crippen LogP contribution in [0.3, 0.4) is 0 Å². The molecule has 67 heavy (non-hydrogen) atoms. The molecule has 19 heteroatoms. The highest BCUT2D eigenvalue weighted by atomic mass is 16.8. The summed E-state index contributed by atoms with van der Waals surface area (Å²) in [6.07, 6.45) is -20.0. The van der Waals surface area contributed by atoms with E-state index in [-0.39, 0.29) is 17.8 Å². The molecule has 26 atom stereocenters. The van der Waals surface area contributed by atoms with Crippen molar-refractivity contribution in [1.82, 2.24) is 0 Å². The summed E-state index contributed by atoms with van der Waals surface area (Å²) in [7, 11) is 0. The van der Waals surface area contributed by atoms with Crippen molar-refractivity contribution in [3.05, 3.63) is 11.6 Å². The van der Waals surface area contributed by atoms with Gasteiger partial charge in [-0.1, -0.05) is 46.3 Å². The van der Waals surface area contributed by atoms with Crippen molar-refractivity contribution in [3.8, 4) is 0 Å². The van der Waals surface area contributed by atoms with Gasteiger partial charge in [0.25, 0.3) is 0 Å². The van der Waals surface area contributed by atoms with E-state index < -0.39 is 163 Å². The lowest BCUT2D eigenvalue weighted by Crippen LogP contribution is -2.71. The van der Waals surface area contributed by atoms with E-state index in [1.165, 1.54) is 0 Å². The molecule has 3 saturated heterocycles. The van der Waals surface area contributed by atoms with Crippen molar-refractivity contribution in [1.29, 1.82) is 0 Å². The summed E-state index contributed by atoms with van der Waals surface area (Å²) in [6.45, 7) is 14.4. The van der Waals surface area contributed by atoms with Gasteiger partial charge in [0.1, 0.15) is 73.2 Å². The molecule has 0 bridgehead atoms. The van der Waals surface area contributed by atoms with Gasteiger partial charge in [0.15, 0.2) is 18.9 Å². The molecule has 7 fully saturated rings. The molecule has 3 aliphatic heterocycles. The minimum Gasteiger partial charge on any atom is -0.394 e. The smallest absolute Gasteiger partial charge is 0.187 e. The maximum atomic E-state index is 12.7. The van der Waals surface area contributed by atoms with Gasteiger partial charge in [-0.15, -0.1) is 0 Å². The van der Waals surface area contributed by atoms with Crippen LogP contribution in [0, 0.1) is 45.3 Å². The molecular formula is C48H82O19. The zero-order valence-electron chi connectivity index (χ0n) is 40.3. The van der Waals surface area contributed by atoms with Crippen LogP contribution in [0.5, 0.6) is 0 Å². The van der Waals surface area contributed by atoms with E-state index in [0.29, 0.717) is 51.4 Å². The second kappa shape index (κ2) is 19.8. The summed E-state index contributed by atoms with van der Waals surface area (Å²) in [4.78, 5) is 0. The Morgan fingerprint density at radius 1 is 0.642 bits per heavy atom. The topological polar surface area (TPSA) is 318 Å². The Labute approximate surface area is 393 Å². The third-order valence-corrected chi connectivity index (χ3v) is 18.7. The van der Waals surface area contributed by atoms with E-state index in [4.69, 9.17) is 28.4 Å². The summed E-state index contributed by atoms with van der Waals surface area (Å²) in [5.74, 6) is -1.22. The second-order valence-electron chi connectivity index (χ2n) is 23.1. The fourth-order valence-corrected chi connectivity index (χ4v) is 14.9. The van der Waals surface area contributed by atoms with E-state index >= 15 is 0 Å².